The maximum Gasteiger partial charge on any atom is 0.0283 e. The smallest absolute Gasteiger partial charge is 0.0283 e. The van der Waals surface area contributed by atoms with Gasteiger partial charge < -0.3 is 5.32 Å². The quantitative estimate of drug-likeness (QED) is 0.663. The van der Waals surface area contributed by atoms with Gasteiger partial charge in [-0.25, -0.2) is 0 Å². The Morgan fingerprint density at radius 1 is 1.33 bits per heavy atom. The van der Waals surface area contributed by atoms with E-state index < -0.39 is 0 Å². The maximum atomic E-state index is 3.69. The first-order valence-electron chi connectivity index (χ1n) is 5.32. The van der Waals surface area contributed by atoms with E-state index in [2.05, 4.69) is 18.3 Å². The van der Waals surface area contributed by atoms with Gasteiger partial charge in [-0.15, -0.1) is 0 Å². The second kappa shape index (κ2) is 3.51. The molecule has 1 saturated carbocycles. The molecule has 2 atom stereocenters. The minimum Gasteiger partial charge on any atom is -0.386 e. The Hall–Kier alpha value is -0.460. The SMILES string of the molecule is CC1CCCC1NC1=CCCC1. The number of rotatable bonds is 2. The molecule has 0 aromatic heterocycles. The van der Waals surface area contributed by atoms with E-state index in [1.165, 1.54) is 44.2 Å². The molecule has 2 aliphatic carbocycles. The van der Waals surface area contributed by atoms with E-state index in [1.807, 2.05) is 0 Å². The van der Waals surface area contributed by atoms with E-state index in [-0.39, 0.29) is 0 Å². The Morgan fingerprint density at radius 3 is 2.83 bits per heavy atom. The third-order valence-electron chi connectivity index (χ3n) is 3.27. The van der Waals surface area contributed by atoms with E-state index in [4.69, 9.17) is 0 Å². The van der Waals surface area contributed by atoms with Gasteiger partial charge in [0.1, 0.15) is 0 Å². The predicted octanol–water partition coefficient (Wildman–Crippen LogP) is 2.83. The molecular weight excluding hydrogens is 146 g/mol. The van der Waals surface area contributed by atoms with Gasteiger partial charge in [0.05, 0.1) is 0 Å². The molecule has 0 spiro atoms. The second-order valence-corrected chi connectivity index (χ2v) is 4.28. The van der Waals surface area contributed by atoms with Gasteiger partial charge in [-0.1, -0.05) is 19.4 Å². The molecule has 0 amide bonds. The second-order valence-electron chi connectivity index (χ2n) is 4.28. The minimum absolute atomic E-state index is 0.786. The molecule has 0 aliphatic heterocycles. The molecule has 0 heterocycles. The van der Waals surface area contributed by atoms with Crippen molar-refractivity contribution < 1.29 is 0 Å². The molecule has 2 rings (SSSR count). The molecule has 2 unspecified atom stereocenters. The van der Waals surface area contributed by atoms with E-state index >= 15 is 0 Å². The zero-order chi connectivity index (χ0) is 8.39. The highest BCUT2D eigenvalue weighted by Gasteiger charge is 2.23. The Labute approximate surface area is 75.2 Å². The average Bonchev–Trinajstić information content (AvgIpc) is 2.65. The summed E-state index contributed by atoms with van der Waals surface area (Å²) in [6.45, 7) is 2.38. The molecule has 1 heteroatoms. The van der Waals surface area contributed by atoms with Gasteiger partial charge >= 0.3 is 0 Å². The summed E-state index contributed by atoms with van der Waals surface area (Å²) in [6, 6.07) is 0.786. The van der Waals surface area contributed by atoms with Crippen molar-refractivity contribution in [1.29, 1.82) is 0 Å². The molecule has 68 valence electrons. The van der Waals surface area contributed by atoms with Gasteiger partial charge in [0.25, 0.3) is 0 Å². The monoisotopic (exact) mass is 165 g/mol. The molecule has 0 aromatic rings. The Bertz CT molecular complexity index is 183. The molecule has 1 fully saturated rings. The molecule has 0 bridgehead atoms. The Morgan fingerprint density at radius 2 is 2.25 bits per heavy atom. The van der Waals surface area contributed by atoms with Gasteiger partial charge in [-0.05, 0) is 38.0 Å². The van der Waals surface area contributed by atoms with Crippen LogP contribution in [0.4, 0.5) is 0 Å². The first kappa shape index (κ1) is 8.15. The first-order valence-corrected chi connectivity index (χ1v) is 5.32. The summed E-state index contributed by atoms with van der Waals surface area (Å²) in [5.41, 5.74) is 1.52. The number of hydrogen-bond acceptors (Lipinski definition) is 1. The number of allylic oxidation sites excluding steroid dienone is 2. The third kappa shape index (κ3) is 1.65. The van der Waals surface area contributed by atoms with Crippen LogP contribution in [0.15, 0.2) is 11.8 Å². The van der Waals surface area contributed by atoms with Crippen molar-refractivity contribution in [2.24, 2.45) is 5.92 Å². The molecular formula is C11H19N. The normalized spacial score (nSPS) is 35.2. The highest BCUT2D eigenvalue weighted by molar-refractivity contribution is 5.07. The molecule has 12 heavy (non-hydrogen) atoms. The predicted molar refractivity (Wildman–Crippen MR) is 51.9 cm³/mol. The van der Waals surface area contributed by atoms with Gasteiger partial charge in [-0.3, -0.25) is 0 Å². The zero-order valence-corrected chi connectivity index (χ0v) is 7.97. The fourth-order valence-electron chi connectivity index (χ4n) is 2.40. The fourth-order valence-corrected chi connectivity index (χ4v) is 2.40. The number of hydrogen-bond donors (Lipinski definition) is 1. The average molecular weight is 165 g/mol. The van der Waals surface area contributed by atoms with Crippen LogP contribution in [0.3, 0.4) is 0 Å². The summed E-state index contributed by atoms with van der Waals surface area (Å²) in [5, 5.41) is 3.69. The summed E-state index contributed by atoms with van der Waals surface area (Å²) < 4.78 is 0. The van der Waals surface area contributed by atoms with Crippen LogP contribution in [0.2, 0.25) is 0 Å². The molecule has 1 nitrogen and oxygen atoms in total. The van der Waals surface area contributed by atoms with Crippen molar-refractivity contribution >= 4 is 0 Å². The lowest BCUT2D eigenvalue weighted by atomic mass is 10.1. The summed E-state index contributed by atoms with van der Waals surface area (Å²) in [6.07, 6.45) is 10.6. The lowest BCUT2D eigenvalue weighted by Crippen LogP contribution is -2.29. The van der Waals surface area contributed by atoms with Gasteiger partial charge in [-0.2, -0.15) is 0 Å². The molecule has 0 aromatic carbocycles. The van der Waals surface area contributed by atoms with E-state index in [0.29, 0.717) is 0 Å². The van der Waals surface area contributed by atoms with Crippen LogP contribution in [-0.4, -0.2) is 6.04 Å². The summed E-state index contributed by atoms with van der Waals surface area (Å²) in [7, 11) is 0. The standard InChI is InChI=1S/C11H19N/c1-9-5-4-8-11(9)12-10-6-2-3-7-10/h6,9,11-12H,2-5,7-8H2,1H3. The molecule has 2 aliphatic rings. The first-order chi connectivity index (χ1) is 5.86. The van der Waals surface area contributed by atoms with Crippen molar-refractivity contribution in [3.8, 4) is 0 Å². The van der Waals surface area contributed by atoms with Crippen molar-refractivity contribution in [3.63, 3.8) is 0 Å². The highest BCUT2D eigenvalue weighted by atomic mass is 14.9. The van der Waals surface area contributed by atoms with Gasteiger partial charge in [0.15, 0.2) is 0 Å². The van der Waals surface area contributed by atoms with Crippen LogP contribution >= 0.6 is 0 Å². The maximum absolute atomic E-state index is 3.69. The van der Waals surface area contributed by atoms with Crippen molar-refractivity contribution in [1.82, 2.24) is 5.32 Å². The molecule has 0 radical (unpaired) electrons. The molecule has 0 saturated heterocycles. The minimum atomic E-state index is 0.786. The van der Waals surface area contributed by atoms with Crippen LogP contribution in [-0.2, 0) is 0 Å². The summed E-state index contributed by atoms with van der Waals surface area (Å²) in [4.78, 5) is 0. The lowest BCUT2D eigenvalue weighted by Gasteiger charge is -2.19. The third-order valence-corrected chi connectivity index (χ3v) is 3.27. The van der Waals surface area contributed by atoms with E-state index in [1.54, 1.807) is 0 Å². The van der Waals surface area contributed by atoms with Crippen molar-refractivity contribution in [2.45, 2.75) is 51.5 Å². The van der Waals surface area contributed by atoms with Crippen LogP contribution < -0.4 is 5.32 Å². The largest absolute Gasteiger partial charge is 0.386 e. The molecule has 1 N–H and O–H groups in total. The fraction of sp³-hybridized carbons (Fsp3) is 0.818. The lowest BCUT2D eigenvalue weighted by molar-refractivity contribution is 0.457. The van der Waals surface area contributed by atoms with Crippen LogP contribution in [0.25, 0.3) is 0 Å². The topological polar surface area (TPSA) is 12.0 Å². The Kier molecular flexibility index (Phi) is 2.38. The van der Waals surface area contributed by atoms with Crippen molar-refractivity contribution in [3.05, 3.63) is 11.8 Å². The van der Waals surface area contributed by atoms with Gasteiger partial charge in [0, 0.05) is 11.7 Å². The van der Waals surface area contributed by atoms with E-state index in [9.17, 15) is 0 Å². The zero-order valence-electron chi connectivity index (χ0n) is 7.97. The van der Waals surface area contributed by atoms with Crippen LogP contribution in [0, 0.1) is 5.92 Å². The number of nitrogens with one attached hydrogen (secondary N) is 1. The Balaban J connectivity index is 1.85. The van der Waals surface area contributed by atoms with Gasteiger partial charge in [0.2, 0.25) is 0 Å². The summed E-state index contributed by atoms with van der Waals surface area (Å²) >= 11 is 0. The van der Waals surface area contributed by atoms with E-state index in [0.717, 1.165) is 12.0 Å². The summed E-state index contributed by atoms with van der Waals surface area (Å²) in [5.74, 6) is 0.895. The highest BCUT2D eigenvalue weighted by Crippen LogP contribution is 2.27. The van der Waals surface area contributed by atoms with Crippen LogP contribution in [0.1, 0.15) is 45.4 Å². The van der Waals surface area contributed by atoms with Crippen molar-refractivity contribution in [2.75, 3.05) is 0 Å². The van der Waals surface area contributed by atoms with Crippen LogP contribution in [0.5, 0.6) is 0 Å².